The number of hydrogen-bond acceptors (Lipinski definition) is 2. The van der Waals surface area contributed by atoms with E-state index < -0.39 is 0 Å². The largest absolute Gasteiger partial charge is 0.306 e. The van der Waals surface area contributed by atoms with Crippen molar-refractivity contribution in [2.75, 3.05) is 11.5 Å². The predicted octanol–water partition coefficient (Wildman–Crippen LogP) is 3.22. The minimum atomic E-state index is 0.467. The molecule has 1 nitrogen and oxygen atoms in total. The van der Waals surface area contributed by atoms with Gasteiger partial charge in [-0.05, 0) is 24.6 Å². The van der Waals surface area contributed by atoms with Gasteiger partial charge < -0.3 is 5.32 Å². The molecular weight excluding hydrogens is 258 g/mol. The highest BCUT2D eigenvalue weighted by Crippen LogP contribution is 2.22. The average molecular weight is 272 g/mol. The van der Waals surface area contributed by atoms with Crippen LogP contribution in [0.25, 0.3) is 0 Å². The molecule has 1 N–H and O–H groups in total. The Bertz CT molecular complexity index is 295. The SMILES string of the molecule is CC(NC1CSC1)c1ccc(Br)cc1. The molecule has 1 heterocycles. The van der Waals surface area contributed by atoms with Gasteiger partial charge in [-0.2, -0.15) is 11.8 Å². The van der Waals surface area contributed by atoms with E-state index in [1.54, 1.807) is 0 Å². The Kier molecular flexibility index (Phi) is 3.52. The molecule has 1 aromatic carbocycles. The van der Waals surface area contributed by atoms with Crippen LogP contribution in [0.4, 0.5) is 0 Å². The summed E-state index contributed by atoms with van der Waals surface area (Å²) in [4.78, 5) is 0. The summed E-state index contributed by atoms with van der Waals surface area (Å²) in [6, 6.07) is 9.74. The fraction of sp³-hybridized carbons (Fsp3) is 0.455. The van der Waals surface area contributed by atoms with Gasteiger partial charge in [-0.25, -0.2) is 0 Å². The Balaban J connectivity index is 1.95. The van der Waals surface area contributed by atoms with Crippen molar-refractivity contribution in [3.05, 3.63) is 34.3 Å². The third kappa shape index (κ3) is 2.53. The maximum absolute atomic E-state index is 3.62. The van der Waals surface area contributed by atoms with E-state index in [0.29, 0.717) is 6.04 Å². The van der Waals surface area contributed by atoms with Crippen LogP contribution in [0.5, 0.6) is 0 Å². The molecule has 0 aliphatic carbocycles. The van der Waals surface area contributed by atoms with Crippen molar-refractivity contribution in [2.45, 2.75) is 19.0 Å². The highest BCUT2D eigenvalue weighted by Gasteiger charge is 2.19. The van der Waals surface area contributed by atoms with Crippen molar-refractivity contribution in [3.8, 4) is 0 Å². The molecule has 0 radical (unpaired) electrons. The Hall–Kier alpha value is 0.01000. The first-order valence-electron chi connectivity index (χ1n) is 4.85. The fourth-order valence-corrected chi connectivity index (χ4v) is 2.46. The highest BCUT2D eigenvalue weighted by atomic mass is 79.9. The molecule has 2 rings (SSSR count). The smallest absolute Gasteiger partial charge is 0.0295 e. The van der Waals surface area contributed by atoms with Gasteiger partial charge >= 0.3 is 0 Å². The maximum Gasteiger partial charge on any atom is 0.0295 e. The van der Waals surface area contributed by atoms with Gasteiger partial charge in [0.15, 0.2) is 0 Å². The van der Waals surface area contributed by atoms with E-state index in [2.05, 4.69) is 52.4 Å². The van der Waals surface area contributed by atoms with Crippen LogP contribution in [-0.2, 0) is 0 Å². The summed E-state index contributed by atoms with van der Waals surface area (Å²) in [7, 11) is 0. The minimum absolute atomic E-state index is 0.467. The summed E-state index contributed by atoms with van der Waals surface area (Å²) < 4.78 is 1.15. The van der Waals surface area contributed by atoms with Gasteiger partial charge in [0.2, 0.25) is 0 Å². The number of rotatable bonds is 3. The number of benzene rings is 1. The molecule has 1 atom stereocenters. The van der Waals surface area contributed by atoms with Crippen LogP contribution < -0.4 is 5.32 Å². The zero-order chi connectivity index (χ0) is 9.97. The first kappa shape index (κ1) is 10.5. The lowest BCUT2D eigenvalue weighted by atomic mass is 10.1. The van der Waals surface area contributed by atoms with Crippen LogP contribution in [0.2, 0.25) is 0 Å². The third-order valence-corrected chi connectivity index (χ3v) is 4.30. The van der Waals surface area contributed by atoms with Gasteiger partial charge in [-0.15, -0.1) is 0 Å². The number of hydrogen-bond donors (Lipinski definition) is 1. The van der Waals surface area contributed by atoms with Crippen LogP contribution in [0, 0.1) is 0 Å². The molecular formula is C11H14BrNS. The van der Waals surface area contributed by atoms with E-state index in [0.717, 1.165) is 10.5 Å². The number of nitrogens with one attached hydrogen (secondary N) is 1. The van der Waals surface area contributed by atoms with Crippen molar-refractivity contribution in [1.29, 1.82) is 0 Å². The van der Waals surface area contributed by atoms with Crippen LogP contribution in [-0.4, -0.2) is 17.5 Å². The predicted molar refractivity (Wildman–Crippen MR) is 66.8 cm³/mol. The standard InChI is InChI=1S/C11H14BrNS/c1-8(13-11-6-14-7-11)9-2-4-10(12)5-3-9/h2-5,8,11,13H,6-7H2,1H3. The molecule has 3 heteroatoms. The second-order valence-corrected chi connectivity index (χ2v) is 5.66. The van der Waals surface area contributed by atoms with Crippen molar-refractivity contribution in [1.82, 2.24) is 5.32 Å². The molecule has 1 saturated heterocycles. The zero-order valence-corrected chi connectivity index (χ0v) is 10.6. The van der Waals surface area contributed by atoms with Crippen LogP contribution >= 0.6 is 27.7 Å². The second kappa shape index (κ2) is 4.69. The van der Waals surface area contributed by atoms with E-state index in [-0.39, 0.29) is 0 Å². The topological polar surface area (TPSA) is 12.0 Å². The zero-order valence-electron chi connectivity index (χ0n) is 8.16. The summed E-state index contributed by atoms with van der Waals surface area (Å²) in [6.07, 6.45) is 0. The summed E-state index contributed by atoms with van der Waals surface area (Å²) >= 11 is 5.46. The fourth-order valence-electron chi connectivity index (χ4n) is 1.53. The number of halogens is 1. The highest BCUT2D eigenvalue weighted by molar-refractivity contribution is 9.10. The Morgan fingerprint density at radius 3 is 2.50 bits per heavy atom. The maximum atomic E-state index is 3.62. The minimum Gasteiger partial charge on any atom is -0.306 e. The lowest BCUT2D eigenvalue weighted by Gasteiger charge is -2.29. The van der Waals surface area contributed by atoms with Crippen LogP contribution in [0.15, 0.2) is 28.7 Å². The van der Waals surface area contributed by atoms with Crippen LogP contribution in [0.1, 0.15) is 18.5 Å². The quantitative estimate of drug-likeness (QED) is 0.906. The Morgan fingerprint density at radius 2 is 2.00 bits per heavy atom. The Labute approximate surface area is 97.8 Å². The van der Waals surface area contributed by atoms with Gasteiger partial charge in [0.05, 0.1) is 0 Å². The second-order valence-electron chi connectivity index (χ2n) is 3.67. The van der Waals surface area contributed by atoms with Gasteiger partial charge in [-0.3, -0.25) is 0 Å². The molecule has 0 spiro atoms. The lowest BCUT2D eigenvalue weighted by Crippen LogP contribution is -2.41. The van der Waals surface area contributed by atoms with Gasteiger partial charge in [0.25, 0.3) is 0 Å². The van der Waals surface area contributed by atoms with Crippen molar-refractivity contribution >= 4 is 27.7 Å². The molecule has 1 aromatic rings. The van der Waals surface area contributed by atoms with E-state index in [1.165, 1.54) is 17.1 Å². The van der Waals surface area contributed by atoms with E-state index >= 15 is 0 Å². The first-order chi connectivity index (χ1) is 6.75. The molecule has 1 aliphatic heterocycles. The molecule has 0 aromatic heterocycles. The molecule has 14 heavy (non-hydrogen) atoms. The third-order valence-electron chi connectivity index (χ3n) is 2.49. The van der Waals surface area contributed by atoms with Gasteiger partial charge in [0, 0.05) is 28.1 Å². The van der Waals surface area contributed by atoms with Crippen LogP contribution in [0.3, 0.4) is 0 Å². The van der Waals surface area contributed by atoms with Gasteiger partial charge in [0.1, 0.15) is 0 Å². The van der Waals surface area contributed by atoms with Crippen molar-refractivity contribution in [2.24, 2.45) is 0 Å². The first-order valence-corrected chi connectivity index (χ1v) is 6.80. The summed E-state index contributed by atoms with van der Waals surface area (Å²) in [5.74, 6) is 2.53. The summed E-state index contributed by atoms with van der Waals surface area (Å²) in [5, 5.41) is 3.62. The molecule has 1 unspecified atom stereocenters. The van der Waals surface area contributed by atoms with E-state index in [4.69, 9.17) is 0 Å². The van der Waals surface area contributed by atoms with E-state index in [9.17, 15) is 0 Å². The molecule has 0 bridgehead atoms. The monoisotopic (exact) mass is 271 g/mol. The normalized spacial score (nSPS) is 19.0. The molecule has 1 fully saturated rings. The lowest BCUT2D eigenvalue weighted by molar-refractivity contribution is 0.503. The Morgan fingerprint density at radius 1 is 1.36 bits per heavy atom. The molecule has 1 aliphatic rings. The number of thioether (sulfide) groups is 1. The van der Waals surface area contributed by atoms with Crippen molar-refractivity contribution in [3.63, 3.8) is 0 Å². The molecule has 0 amide bonds. The summed E-state index contributed by atoms with van der Waals surface area (Å²) in [5.41, 5.74) is 1.37. The molecule has 76 valence electrons. The molecule has 0 saturated carbocycles. The van der Waals surface area contributed by atoms with Gasteiger partial charge in [-0.1, -0.05) is 28.1 Å². The average Bonchev–Trinajstić information content (AvgIpc) is 2.12. The van der Waals surface area contributed by atoms with Crippen molar-refractivity contribution < 1.29 is 0 Å². The summed E-state index contributed by atoms with van der Waals surface area (Å²) in [6.45, 7) is 2.23. The van der Waals surface area contributed by atoms with E-state index in [1.807, 2.05) is 11.8 Å².